The zero-order chi connectivity index (χ0) is 18.5. The van der Waals surface area contributed by atoms with Gasteiger partial charge in [0.25, 0.3) is 5.91 Å². The summed E-state index contributed by atoms with van der Waals surface area (Å²) in [6.07, 6.45) is 4.77. The summed E-state index contributed by atoms with van der Waals surface area (Å²) in [5, 5.41) is 0. The van der Waals surface area contributed by atoms with Crippen molar-refractivity contribution in [3.63, 3.8) is 0 Å². The van der Waals surface area contributed by atoms with E-state index in [1.807, 2.05) is 18.2 Å². The van der Waals surface area contributed by atoms with Crippen LogP contribution in [0.1, 0.15) is 47.2 Å². The van der Waals surface area contributed by atoms with Crippen LogP contribution < -0.4 is 4.74 Å². The fraction of sp³-hybridized carbons (Fsp3) is 0.364. The summed E-state index contributed by atoms with van der Waals surface area (Å²) in [6, 6.07) is 10.4. The highest BCUT2D eigenvalue weighted by Crippen LogP contribution is 2.44. The topological polar surface area (TPSA) is 58.2 Å². The third kappa shape index (κ3) is 2.52. The number of ether oxygens (including phenoxy) is 1. The lowest BCUT2D eigenvalue weighted by molar-refractivity contribution is 0.0595. The van der Waals surface area contributed by atoms with Gasteiger partial charge in [-0.05, 0) is 67.1 Å². The van der Waals surface area contributed by atoms with Gasteiger partial charge in [-0.2, -0.15) is 0 Å². The Balaban J connectivity index is 0.00000192. The number of carbonyl (C=O) groups is 1. The van der Waals surface area contributed by atoms with Crippen LogP contribution in [-0.2, 0) is 6.42 Å². The van der Waals surface area contributed by atoms with Gasteiger partial charge in [-0.3, -0.25) is 4.79 Å². The molecule has 2 aliphatic rings. The van der Waals surface area contributed by atoms with Crippen LogP contribution in [0, 0.1) is 6.92 Å². The van der Waals surface area contributed by atoms with E-state index in [-0.39, 0.29) is 13.4 Å². The van der Waals surface area contributed by atoms with Gasteiger partial charge < -0.3 is 14.6 Å². The lowest BCUT2D eigenvalue weighted by atomic mass is 9.88. The first-order chi connectivity index (χ1) is 13.2. The van der Waals surface area contributed by atoms with Crippen LogP contribution in [0.3, 0.4) is 0 Å². The van der Waals surface area contributed by atoms with E-state index in [0.29, 0.717) is 5.92 Å². The Bertz CT molecular complexity index is 1050. The quantitative estimate of drug-likeness (QED) is 0.747. The summed E-state index contributed by atoms with van der Waals surface area (Å²) in [4.78, 5) is 22.8. The van der Waals surface area contributed by atoms with Gasteiger partial charge in [-0.1, -0.05) is 6.07 Å². The van der Waals surface area contributed by atoms with Gasteiger partial charge in [0.05, 0.1) is 24.5 Å². The van der Waals surface area contributed by atoms with Crippen molar-refractivity contribution in [2.75, 3.05) is 13.7 Å². The van der Waals surface area contributed by atoms with Crippen molar-refractivity contribution in [2.45, 2.75) is 38.1 Å². The molecule has 1 aliphatic heterocycles. The molecule has 1 fully saturated rings. The SMILES string of the molecule is COc1cc2c(cc1C)C[C@H]1[C@@H]2CCCN1C(=O)c1ccc2nc[nH]c2c1.[HH]. The Morgan fingerprint density at radius 3 is 3.07 bits per heavy atom. The van der Waals surface area contributed by atoms with Crippen molar-refractivity contribution in [3.8, 4) is 5.75 Å². The molecule has 2 heterocycles. The number of fused-ring (bicyclic) bond motifs is 4. The number of methoxy groups -OCH3 is 1. The molecule has 5 nitrogen and oxygen atoms in total. The van der Waals surface area contributed by atoms with Crippen LogP contribution >= 0.6 is 0 Å². The number of likely N-dealkylation sites (tertiary alicyclic amines) is 1. The van der Waals surface area contributed by atoms with Crippen molar-refractivity contribution < 1.29 is 11.0 Å². The van der Waals surface area contributed by atoms with Gasteiger partial charge in [-0.15, -0.1) is 0 Å². The molecule has 27 heavy (non-hydrogen) atoms. The van der Waals surface area contributed by atoms with E-state index in [4.69, 9.17) is 4.74 Å². The summed E-state index contributed by atoms with van der Waals surface area (Å²) in [7, 11) is 1.73. The number of rotatable bonds is 2. The van der Waals surface area contributed by atoms with E-state index in [2.05, 4.69) is 33.9 Å². The molecule has 2 atom stereocenters. The lowest BCUT2D eigenvalue weighted by Crippen LogP contribution is -2.46. The van der Waals surface area contributed by atoms with Crippen LogP contribution in [0.25, 0.3) is 11.0 Å². The van der Waals surface area contributed by atoms with Crippen molar-refractivity contribution in [1.82, 2.24) is 14.9 Å². The van der Waals surface area contributed by atoms with Crippen LogP contribution in [0.2, 0.25) is 0 Å². The van der Waals surface area contributed by atoms with Crippen molar-refractivity contribution >= 4 is 16.9 Å². The van der Waals surface area contributed by atoms with Gasteiger partial charge in [0, 0.05) is 25.5 Å². The zero-order valence-corrected chi connectivity index (χ0v) is 15.7. The molecule has 0 saturated carbocycles. The average Bonchev–Trinajstić information content (AvgIpc) is 3.29. The number of benzene rings is 2. The van der Waals surface area contributed by atoms with Gasteiger partial charge >= 0.3 is 0 Å². The molecule has 0 bridgehead atoms. The standard InChI is InChI=1S/C22H23N3O2.H2/c1-13-8-15-10-20-16(17(15)11-21(13)27-2)4-3-7-25(20)22(26)14-5-6-18-19(9-14)24-12-23-18;/h5-6,8-9,11-12,16,20H,3-4,7,10H2,1-2H3,(H,23,24);1H/t16-,20+;/m1./s1. The number of imidazole rings is 1. The Kier molecular flexibility index (Phi) is 3.71. The molecule has 1 aliphatic carbocycles. The minimum atomic E-state index is 0. The van der Waals surface area contributed by atoms with E-state index >= 15 is 0 Å². The number of aromatic amines is 1. The van der Waals surface area contributed by atoms with Crippen LogP contribution in [0.4, 0.5) is 0 Å². The minimum absolute atomic E-state index is 0. The first-order valence-corrected chi connectivity index (χ1v) is 9.57. The Labute approximate surface area is 159 Å². The summed E-state index contributed by atoms with van der Waals surface area (Å²) in [5.41, 5.74) is 6.42. The lowest BCUT2D eigenvalue weighted by Gasteiger charge is -2.38. The normalized spacial score (nSPS) is 21.2. The smallest absolute Gasteiger partial charge is 0.254 e. The number of H-pyrrole nitrogens is 1. The molecule has 5 rings (SSSR count). The van der Waals surface area contributed by atoms with Crippen LogP contribution in [-0.4, -0.2) is 40.5 Å². The highest BCUT2D eigenvalue weighted by Gasteiger charge is 2.41. The van der Waals surface area contributed by atoms with Crippen molar-refractivity contribution in [3.05, 3.63) is 58.9 Å². The molecule has 1 amide bonds. The van der Waals surface area contributed by atoms with Gasteiger partial charge in [0.2, 0.25) is 0 Å². The van der Waals surface area contributed by atoms with E-state index < -0.39 is 0 Å². The van der Waals surface area contributed by atoms with Crippen molar-refractivity contribution in [2.24, 2.45) is 0 Å². The number of hydrogen-bond donors (Lipinski definition) is 1. The second-order valence-electron chi connectivity index (χ2n) is 7.67. The summed E-state index contributed by atoms with van der Waals surface area (Å²) < 4.78 is 5.54. The number of aryl methyl sites for hydroxylation is 1. The number of aromatic nitrogens is 2. The number of amides is 1. The third-order valence-electron chi connectivity index (χ3n) is 6.19. The van der Waals surface area contributed by atoms with Gasteiger partial charge in [0.1, 0.15) is 5.75 Å². The molecule has 0 radical (unpaired) electrons. The number of piperidine rings is 1. The second kappa shape index (κ2) is 6.12. The Morgan fingerprint density at radius 1 is 1.33 bits per heavy atom. The molecular formula is C22H25N3O2. The molecule has 5 heteroatoms. The first-order valence-electron chi connectivity index (χ1n) is 9.57. The second-order valence-corrected chi connectivity index (χ2v) is 7.67. The van der Waals surface area contributed by atoms with Gasteiger partial charge in [0.15, 0.2) is 0 Å². The summed E-state index contributed by atoms with van der Waals surface area (Å²) in [6.45, 7) is 2.91. The predicted molar refractivity (Wildman–Crippen MR) is 106 cm³/mol. The van der Waals surface area contributed by atoms with Crippen LogP contribution in [0.5, 0.6) is 5.75 Å². The van der Waals surface area contributed by atoms with Gasteiger partial charge in [-0.25, -0.2) is 4.98 Å². The summed E-state index contributed by atoms with van der Waals surface area (Å²) in [5.74, 6) is 1.48. The highest BCUT2D eigenvalue weighted by molar-refractivity contribution is 5.97. The largest absolute Gasteiger partial charge is 0.496 e. The Hall–Kier alpha value is -2.82. The van der Waals surface area contributed by atoms with E-state index in [0.717, 1.165) is 53.7 Å². The minimum Gasteiger partial charge on any atom is -0.496 e. The maximum atomic E-state index is 13.3. The molecule has 2 aromatic carbocycles. The number of nitrogens with one attached hydrogen (secondary N) is 1. The molecule has 140 valence electrons. The van der Waals surface area contributed by atoms with E-state index in [9.17, 15) is 4.79 Å². The average molecular weight is 363 g/mol. The fourth-order valence-electron chi connectivity index (χ4n) is 4.89. The van der Waals surface area contributed by atoms with E-state index in [1.54, 1.807) is 13.4 Å². The first kappa shape index (κ1) is 16.4. The molecular weight excluding hydrogens is 338 g/mol. The molecule has 1 saturated heterocycles. The van der Waals surface area contributed by atoms with Crippen LogP contribution in [0.15, 0.2) is 36.7 Å². The molecule has 3 aromatic rings. The Morgan fingerprint density at radius 2 is 2.22 bits per heavy atom. The number of nitrogens with zero attached hydrogens (tertiary/aromatic N) is 2. The zero-order valence-electron chi connectivity index (χ0n) is 15.7. The fourth-order valence-corrected chi connectivity index (χ4v) is 4.89. The molecule has 0 spiro atoms. The molecule has 1 N–H and O–H groups in total. The van der Waals surface area contributed by atoms with E-state index in [1.165, 1.54) is 11.1 Å². The molecule has 1 aromatic heterocycles. The molecule has 0 unspecified atom stereocenters. The number of carbonyl (C=O) groups excluding carboxylic acids is 1. The monoisotopic (exact) mass is 363 g/mol. The maximum Gasteiger partial charge on any atom is 0.254 e. The highest BCUT2D eigenvalue weighted by atomic mass is 16.5. The number of hydrogen-bond acceptors (Lipinski definition) is 3. The van der Waals surface area contributed by atoms with Crippen molar-refractivity contribution in [1.29, 1.82) is 0 Å². The maximum absolute atomic E-state index is 13.3. The third-order valence-corrected chi connectivity index (χ3v) is 6.19. The predicted octanol–water partition coefficient (Wildman–Crippen LogP) is 4.07. The summed E-state index contributed by atoms with van der Waals surface area (Å²) >= 11 is 0.